The van der Waals surface area contributed by atoms with Crippen LogP contribution in [0.25, 0.3) is 0 Å². The molecule has 2 nitrogen and oxygen atoms in total. The fourth-order valence-corrected chi connectivity index (χ4v) is 2.92. The molecule has 0 fully saturated rings. The lowest BCUT2D eigenvalue weighted by atomic mass is 10.2. The van der Waals surface area contributed by atoms with Gasteiger partial charge >= 0.3 is 0 Å². The molecule has 2 rings (SSSR count). The number of pyridine rings is 1. The van der Waals surface area contributed by atoms with Crippen LogP contribution in [0.4, 0.5) is 0 Å². The van der Waals surface area contributed by atoms with Crippen LogP contribution in [0.5, 0.6) is 0 Å². The van der Waals surface area contributed by atoms with Gasteiger partial charge < -0.3 is 5.73 Å². The Bertz CT molecular complexity index is 517. The molecule has 0 spiro atoms. The van der Waals surface area contributed by atoms with Crippen LogP contribution in [0.1, 0.15) is 5.56 Å². The van der Waals surface area contributed by atoms with E-state index in [-0.39, 0.29) is 0 Å². The molecule has 17 heavy (non-hydrogen) atoms. The molecule has 0 radical (unpaired) electrons. The number of rotatable bonds is 3. The van der Waals surface area contributed by atoms with Gasteiger partial charge in [-0.2, -0.15) is 0 Å². The Morgan fingerprint density at radius 1 is 1.12 bits per heavy atom. The molecule has 0 saturated heterocycles. The van der Waals surface area contributed by atoms with Gasteiger partial charge in [0.2, 0.25) is 0 Å². The van der Waals surface area contributed by atoms with E-state index in [1.54, 1.807) is 18.3 Å². The zero-order valence-electron chi connectivity index (χ0n) is 8.86. The number of nitrogens with zero attached hydrogens (tertiary/aromatic N) is 1. The summed E-state index contributed by atoms with van der Waals surface area (Å²) in [6.07, 6.45) is 1.74. The summed E-state index contributed by atoms with van der Waals surface area (Å²) in [5, 5.41) is 2.15. The van der Waals surface area contributed by atoms with E-state index in [0.29, 0.717) is 16.6 Å². The van der Waals surface area contributed by atoms with E-state index in [4.69, 9.17) is 28.9 Å². The molecule has 88 valence electrons. The Kier molecular flexibility index (Phi) is 4.29. The Balaban J connectivity index is 2.41. The Labute approximate surface area is 114 Å². The molecule has 0 saturated carbocycles. The number of hydrogen-bond acceptors (Lipinski definition) is 3. The molecular weight excluding hydrogens is 275 g/mol. The molecular formula is C12H10Cl2N2S. The Morgan fingerprint density at radius 2 is 1.88 bits per heavy atom. The summed E-state index contributed by atoms with van der Waals surface area (Å²) >= 11 is 13.7. The maximum Gasteiger partial charge on any atom is 0.101 e. The van der Waals surface area contributed by atoms with E-state index in [9.17, 15) is 0 Å². The predicted octanol–water partition coefficient (Wildman–Crippen LogP) is 4.00. The van der Waals surface area contributed by atoms with Crippen LogP contribution in [0.15, 0.2) is 46.5 Å². The monoisotopic (exact) mass is 284 g/mol. The highest BCUT2D eigenvalue weighted by atomic mass is 35.5. The van der Waals surface area contributed by atoms with Crippen molar-refractivity contribution in [1.82, 2.24) is 4.98 Å². The van der Waals surface area contributed by atoms with E-state index < -0.39 is 0 Å². The zero-order chi connectivity index (χ0) is 12.3. The minimum atomic E-state index is 0.356. The standard InChI is InChI=1S/C12H10Cl2N2S/c13-9-4-5-10(14)12(8(9)7-15)17-11-3-1-2-6-16-11/h1-6H,7,15H2. The topological polar surface area (TPSA) is 38.9 Å². The largest absolute Gasteiger partial charge is 0.326 e. The quantitative estimate of drug-likeness (QED) is 0.926. The molecule has 0 aliphatic carbocycles. The summed E-state index contributed by atoms with van der Waals surface area (Å²) in [4.78, 5) is 5.12. The van der Waals surface area contributed by atoms with Gasteiger partial charge in [-0.1, -0.05) is 41.0 Å². The van der Waals surface area contributed by atoms with Crippen molar-refractivity contribution in [2.24, 2.45) is 5.73 Å². The minimum absolute atomic E-state index is 0.356. The number of benzene rings is 1. The van der Waals surface area contributed by atoms with E-state index in [1.165, 1.54) is 11.8 Å². The fraction of sp³-hybridized carbons (Fsp3) is 0.0833. The molecule has 1 aromatic carbocycles. The van der Waals surface area contributed by atoms with Crippen molar-refractivity contribution < 1.29 is 0 Å². The van der Waals surface area contributed by atoms with Gasteiger partial charge in [-0.05, 0) is 29.8 Å². The van der Waals surface area contributed by atoms with Gasteiger partial charge in [0.05, 0.1) is 5.02 Å². The van der Waals surface area contributed by atoms with Gasteiger partial charge in [-0.15, -0.1) is 0 Å². The third kappa shape index (κ3) is 2.93. The van der Waals surface area contributed by atoms with Crippen molar-refractivity contribution >= 4 is 35.0 Å². The maximum absolute atomic E-state index is 6.17. The minimum Gasteiger partial charge on any atom is -0.326 e. The first-order chi connectivity index (χ1) is 8.22. The lowest BCUT2D eigenvalue weighted by molar-refractivity contribution is 1.02. The molecule has 0 aliphatic heterocycles. The van der Waals surface area contributed by atoms with Crippen LogP contribution in [0.3, 0.4) is 0 Å². The van der Waals surface area contributed by atoms with Gasteiger partial charge in [0.1, 0.15) is 5.03 Å². The summed E-state index contributed by atoms with van der Waals surface area (Å²) in [7, 11) is 0. The second kappa shape index (κ2) is 5.74. The zero-order valence-corrected chi connectivity index (χ0v) is 11.2. The average Bonchev–Trinajstić information content (AvgIpc) is 2.35. The van der Waals surface area contributed by atoms with Gasteiger partial charge in [-0.3, -0.25) is 0 Å². The molecule has 2 N–H and O–H groups in total. The van der Waals surface area contributed by atoms with Crippen molar-refractivity contribution in [1.29, 1.82) is 0 Å². The van der Waals surface area contributed by atoms with Crippen LogP contribution >= 0.6 is 35.0 Å². The molecule has 0 atom stereocenters. The first-order valence-corrected chi connectivity index (χ1v) is 6.55. The summed E-state index contributed by atoms with van der Waals surface area (Å²) < 4.78 is 0. The lowest BCUT2D eigenvalue weighted by Gasteiger charge is -2.10. The van der Waals surface area contributed by atoms with Crippen LogP contribution in [-0.4, -0.2) is 4.98 Å². The van der Waals surface area contributed by atoms with Gasteiger partial charge in [-0.25, -0.2) is 4.98 Å². The third-order valence-electron chi connectivity index (χ3n) is 2.20. The summed E-state index contributed by atoms with van der Waals surface area (Å²) in [6.45, 7) is 0.356. The summed E-state index contributed by atoms with van der Waals surface area (Å²) in [5.74, 6) is 0. The number of nitrogens with two attached hydrogens (primary N) is 1. The molecule has 0 bridgehead atoms. The average molecular weight is 285 g/mol. The van der Waals surface area contributed by atoms with E-state index in [0.717, 1.165) is 15.5 Å². The number of aromatic nitrogens is 1. The highest BCUT2D eigenvalue weighted by Crippen LogP contribution is 2.37. The first kappa shape index (κ1) is 12.7. The molecule has 0 amide bonds. The van der Waals surface area contributed by atoms with E-state index >= 15 is 0 Å². The molecule has 5 heteroatoms. The first-order valence-electron chi connectivity index (χ1n) is 4.98. The van der Waals surface area contributed by atoms with Crippen molar-refractivity contribution in [2.75, 3.05) is 0 Å². The maximum atomic E-state index is 6.17. The number of halogens is 2. The van der Waals surface area contributed by atoms with Gasteiger partial charge in [0.15, 0.2) is 0 Å². The van der Waals surface area contributed by atoms with Crippen LogP contribution in [0.2, 0.25) is 10.0 Å². The summed E-state index contributed by atoms with van der Waals surface area (Å²) in [5.41, 5.74) is 6.55. The molecule has 2 aromatic rings. The lowest BCUT2D eigenvalue weighted by Crippen LogP contribution is -2.00. The second-order valence-electron chi connectivity index (χ2n) is 3.31. The van der Waals surface area contributed by atoms with Crippen molar-refractivity contribution in [2.45, 2.75) is 16.5 Å². The highest BCUT2D eigenvalue weighted by Gasteiger charge is 2.12. The fourth-order valence-electron chi connectivity index (χ4n) is 1.39. The third-order valence-corrected chi connectivity index (χ3v) is 4.11. The van der Waals surface area contributed by atoms with E-state index in [2.05, 4.69) is 4.98 Å². The Hall–Kier alpha value is -0.740. The van der Waals surface area contributed by atoms with Gasteiger partial charge in [0, 0.05) is 22.7 Å². The molecule has 0 unspecified atom stereocenters. The molecule has 1 aromatic heterocycles. The SMILES string of the molecule is NCc1c(Cl)ccc(Cl)c1Sc1ccccn1. The normalized spacial score (nSPS) is 10.5. The van der Waals surface area contributed by atoms with Crippen molar-refractivity contribution in [3.8, 4) is 0 Å². The molecule has 1 heterocycles. The highest BCUT2D eigenvalue weighted by molar-refractivity contribution is 7.99. The second-order valence-corrected chi connectivity index (χ2v) is 5.16. The van der Waals surface area contributed by atoms with Crippen LogP contribution in [-0.2, 0) is 6.54 Å². The summed E-state index contributed by atoms with van der Waals surface area (Å²) in [6, 6.07) is 9.24. The molecule has 0 aliphatic rings. The van der Waals surface area contributed by atoms with Crippen LogP contribution in [0, 0.1) is 0 Å². The van der Waals surface area contributed by atoms with Crippen molar-refractivity contribution in [3.05, 3.63) is 52.1 Å². The van der Waals surface area contributed by atoms with Crippen LogP contribution < -0.4 is 5.73 Å². The van der Waals surface area contributed by atoms with Gasteiger partial charge in [0.25, 0.3) is 0 Å². The predicted molar refractivity (Wildman–Crippen MR) is 72.7 cm³/mol. The van der Waals surface area contributed by atoms with Crippen molar-refractivity contribution in [3.63, 3.8) is 0 Å². The van der Waals surface area contributed by atoms with E-state index in [1.807, 2.05) is 18.2 Å². The smallest absolute Gasteiger partial charge is 0.101 e. The Morgan fingerprint density at radius 3 is 2.53 bits per heavy atom. The number of hydrogen-bond donors (Lipinski definition) is 1.